The first-order chi connectivity index (χ1) is 7.66. The molecule has 0 aliphatic carbocycles. The van der Waals surface area contributed by atoms with Crippen LogP contribution in [0.1, 0.15) is 20.8 Å². The van der Waals surface area contributed by atoms with Crippen LogP contribution < -0.4 is 16.6 Å². The summed E-state index contributed by atoms with van der Waals surface area (Å²) in [5.74, 6) is 0.0421. The summed E-state index contributed by atoms with van der Waals surface area (Å²) < 4.78 is 2.04. The third-order valence-corrected chi connectivity index (χ3v) is 2.81. The lowest BCUT2D eigenvalue weighted by molar-refractivity contribution is 0.132. The monoisotopic (exact) mass is 242 g/mol. The van der Waals surface area contributed by atoms with E-state index in [0.717, 1.165) is 9.25 Å². The molecule has 0 amide bonds. The third kappa shape index (κ3) is 2.55. The van der Waals surface area contributed by atoms with Gasteiger partial charge in [-0.05, 0) is 20.8 Å². The van der Waals surface area contributed by atoms with Crippen LogP contribution in [0.25, 0.3) is 0 Å². The SMILES string of the molecule is CC(O)C(C)(C)Nc1nn(C)c(=O)n(C)c1=O. The van der Waals surface area contributed by atoms with E-state index < -0.39 is 22.9 Å². The Morgan fingerprint density at radius 3 is 2.35 bits per heavy atom. The van der Waals surface area contributed by atoms with Crippen molar-refractivity contribution in [3.05, 3.63) is 20.8 Å². The smallest absolute Gasteiger partial charge is 0.346 e. The molecule has 1 atom stereocenters. The molecule has 0 aliphatic rings. The van der Waals surface area contributed by atoms with Gasteiger partial charge in [-0.3, -0.25) is 9.36 Å². The van der Waals surface area contributed by atoms with Crippen molar-refractivity contribution in [1.82, 2.24) is 14.3 Å². The minimum absolute atomic E-state index is 0.0421. The van der Waals surface area contributed by atoms with Crippen LogP contribution in [0.5, 0.6) is 0 Å². The van der Waals surface area contributed by atoms with Crippen molar-refractivity contribution in [3.8, 4) is 0 Å². The van der Waals surface area contributed by atoms with Crippen molar-refractivity contribution in [1.29, 1.82) is 0 Å². The number of aromatic nitrogens is 3. The second kappa shape index (κ2) is 4.33. The van der Waals surface area contributed by atoms with E-state index in [1.54, 1.807) is 20.8 Å². The molecule has 1 aromatic rings. The van der Waals surface area contributed by atoms with Crippen LogP contribution in [0.15, 0.2) is 9.59 Å². The number of aliphatic hydroxyl groups excluding tert-OH is 1. The standard InChI is InChI=1S/C10H18N4O3/c1-6(15)10(2,3)11-7-8(16)13(4)9(17)14(5)12-7/h6,15H,1-5H3,(H,11,12). The zero-order valence-corrected chi connectivity index (χ0v) is 10.7. The topological polar surface area (TPSA) is 89.2 Å². The van der Waals surface area contributed by atoms with Gasteiger partial charge < -0.3 is 10.4 Å². The molecule has 0 aliphatic heterocycles. The van der Waals surface area contributed by atoms with Gasteiger partial charge in [0.15, 0.2) is 0 Å². The van der Waals surface area contributed by atoms with Gasteiger partial charge in [-0.2, -0.15) is 0 Å². The molecule has 0 saturated carbocycles. The van der Waals surface area contributed by atoms with E-state index in [1.165, 1.54) is 14.1 Å². The number of nitrogens with zero attached hydrogens (tertiary/aromatic N) is 3. The molecule has 1 unspecified atom stereocenters. The molecule has 0 fully saturated rings. The van der Waals surface area contributed by atoms with E-state index in [2.05, 4.69) is 10.4 Å². The van der Waals surface area contributed by atoms with Crippen LogP contribution >= 0.6 is 0 Å². The molecule has 0 aromatic carbocycles. The average molecular weight is 242 g/mol. The van der Waals surface area contributed by atoms with E-state index in [1.807, 2.05) is 0 Å². The Hall–Kier alpha value is -1.63. The van der Waals surface area contributed by atoms with Crippen LogP contribution in [0, 0.1) is 0 Å². The minimum atomic E-state index is -0.712. The van der Waals surface area contributed by atoms with Crippen LogP contribution in [0.2, 0.25) is 0 Å². The highest BCUT2D eigenvalue weighted by molar-refractivity contribution is 5.33. The zero-order chi connectivity index (χ0) is 13.4. The first-order valence-electron chi connectivity index (χ1n) is 5.27. The van der Waals surface area contributed by atoms with Crippen LogP contribution in [0.3, 0.4) is 0 Å². The van der Waals surface area contributed by atoms with E-state index in [4.69, 9.17) is 0 Å². The summed E-state index contributed by atoms with van der Waals surface area (Å²) in [5, 5.41) is 16.2. The molecule has 96 valence electrons. The van der Waals surface area contributed by atoms with E-state index in [-0.39, 0.29) is 5.82 Å². The summed E-state index contributed by atoms with van der Waals surface area (Å²) in [4.78, 5) is 23.2. The molecule has 0 spiro atoms. The number of aliphatic hydroxyl groups is 1. The minimum Gasteiger partial charge on any atom is -0.391 e. The summed E-state index contributed by atoms with van der Waals surface area (Å²) in [7, 11) is 2.84. The fourth-order valence-corrected chi connectivity index (χ4v) is 1.19. The van der Waals surface area contributed by atoms with Crippen LogP contribution in [0.4, 0.5) is 5.82 Å². The lowest BCUT2D eigenvalue weighted by atomic mass is 9.99. The lowest BCUT2D eigenvalue weighted by Crippen LogP contribution is -2.47. The molecule has 1 heterocycles. The molecule has 1 rings (SSSR count). The normalized spacial score (nSPS) is 13.5. The Labute approximate surface area is 98.7 Å². The van der Waals surface area contributed by atoms with Crippen LogP contribution in [-0.2, 0) is 14.1 Å². The number of hydrogen-bond acceptors (Lipinski definition) is 5. The molecule has 7 heteroatoms. The molecule has 2 N–H and O–H groups in total. The Balaban J connectivity index is 3.27. The van der Waals surface area contributed by atoms with Crippen molar-refractivity contribution in [3.63, 3.8) is 0 Å². The number of anilines is 1. The van der Waals surface area contributed by atoms with Gasteiger partial charge in [0.2, 0.25) is 5.82 Å². The summed E-state index contributed by atoms with van der Waals surface area (Å²) in [6.45, 7) is 5.09. The van der Waals surface area contributed by atoms with E-state index >= 15 is 0 Å². The Bertz CT molecular complexity index is 527. The molecule has 0 bridgehead atoms. The predicted octanol–water partition coefficient (Wildman–Crippen LogP) is -0.950. The van der Waals surface area contributed by atoms with Gasteiger partial charge in [0.1, 0.15) is 0 Å². The Kier molecular flexibility index (Phi) is 3.42. The number of hydrogen-bond donors (Lipinski definition) is 2. The molecular formula is C10H18N4O3. The second-order valence-corrected chi connectivity index (χ2v) is 4.64. The number of aryl methyl sites for hydroxylation is 1. The first kappa shape index (κ1) is 13.4. The molecule has 17 heavy (non-hydrogen) atoms. The fraction of sp³-hybridized carbons (Fsp3) is 0.700. The summed E-state index contributed by atoms with van der Waals surface area (Å²) in [6.07, 6.45) is -0.675. The van der Waals surface area contributed by atoms with Gasteiger partial charge in [-0.15, -0.1) is 5.10 Å². The Morgan fingerprint density at radius 1 is 1.35 bits per heavy atom. The number of nitrogens with one attached hydrogen (secondary N) is 1. The van der Waals surface area contributed by atoms with E-state index in [0.29, 0.717) is 0 Å². The Morgan fingerprint density at radius 2 is 1.88 bits per heavy atom. The maximum atomic E-state index is 11.8. The van der Waals surface area contributed by atoms with Gasteiger partial charge in [0.25, 0.3) is 5.56 Å². The molecule has 1 aromatic heterocycles. The maximum Gasteiger partial charge on any atom is 0.346 e. The second-order valence-electron chi connectivity index (χ2n) is 4.64. The third-order valence-electron chi connectivity index (χ3n) is 2.81. The first-order valence-corrected chi connectivity index (χ1v) is 5.27. The molecule has 0 radical (unpaired) electrons. The lowest BCUT2D eigenvalue weighted by Gasteiger charge is -2.29. The highest BCUT2D eigenvalue weighted by Crippen LogP contribution is 2.13. The predicted molar refractivity (Wildman–Crippen MR) is 64.1 cm³/mol. The van der Waals surface area contributed by atoms with Gasteiger partial charge in [0.05, 0.1) is 11.6 Å². The van der Waals surface area contributed by atoms with Crippen LogP contribution in [-0.4, -0.2) is 31.1 Å². The van der Waals surface area contributed by atoms with Gasteiger partial charge in [0, 0.05) is 14.1 Å². The average Bonchev–Trinajstić information content (AvgIpc) is 2.22. The maximum absolute atomic E-state index is 11.8. The van der Waals surface area contributed by atoms with Gasteiger partial charge in [-0.1, -0.05) is 0 Å². The highest BCUT2D eigenvalue weighted by Gasteiger charge is 2.26. The van der Waals surface area contributed by atoms with Crippen molar-refractivity contribution < 1.29 is 5.11 Å². The van der Waals surface area contributed by atoms with Gasteiger partial charge in [-0.25, -0.2) is 9.48 Å². The molecular weight excluding hydrogens is 224 g/mol. The molecule has 7 nitrogen and oxygen atoms in total. The fourth-order valence-electron chi connectivity index (χ4n) is 1.19. The summed E-state index contributed by atoms with van der Waals surface area (Å²) in [6, 6.07) is 0. The summed E-state index contributed by atoms with van der Waals surface area (Å²) >= 11 is 0. The highest BCUT2D eigenvalue weighted by atomic mass is 16.3. The zero-order valence-electron chi connectivity index (χ0n) is 10.7. The van der Waals surface area contributed by atoms with Crippen molar-refractivity contribution in [2.75, 3.05) is 5.32 Å². The quantitative estimate of drug-likeness (QED) is 0.713. The van der Waals surface area contributed by atoms with Crippen molar-refractivity contribution in [2.45, 2.75) is 32.4 Å². The number of rotatable bonds is 3. The molecule has 0 saturated heterocycles. The van der Waals surface area contributed by atoms with Gasteiger partial charge >= 0.3 is 5.69 Å². The van der Waals surface area contributed by atoms with E-state index in [9.17, 15) is 14.7 Å². The summed E-state index contributed by atoms with van der Waals surface area (Å²) in [5.41, 5.74) is -1.71. The van der Waals surface area contributed by atoms with Crippen molar-refractivity contribution in [2.24, 2.45) is 14.1 Å². The largest absolute Gasteiger partial charge is 0.391 e. The van der Waals surface area contributed by atoms with Crippen molar-refractivity contribution >= 4 is 5.82 Å².